The van der Waals surface area contributed by atoms with E-state index in [0.717, 1.165) is 5.82 Å². The zero-order valence-corrected chi connectivity index (χ0v) is 9.16. The van der Waals surface area contributed by atoms with Crippen molar-refractivity contribution in [2.24, 2.45) is 7.05 Å². The Balaban J connectivity index is 2.10. The molecule has 1 aromatic heterocycles. The number of aryl methyl sites for hydroxylation is 1. The van der Waals surface area contributed by atoms with Gasteiger partial charge in [0.05, 0.1) is 5.69 Å². The number of allylic oxidation sites excluding steroid dienone is 2. The maximum atomic E-state index is 6.11. The molecule has 80 valence electrons. The maximum Gasteiger partial charge on any atom is 0.129 e. The standard InChI is InChI=1S/C12H17N3/c1-15-12(13)10(8-4-2-3-5-8)11(14-15)9-6-7-9/h4,9H,2-3,5-7,13H2,1H3. The number of hydrogen-bond donors (Lipinski definition) is 1. The van der Waals surface area contributed by atoms with Gasteiger partial charge in [-0.1, -0.05) is 6.08 Å². The Labute approximate surface area is 90.0 Å². The molecule has 0 spiro atoms. The first-order chi connectivity index (χ1) is 7.27. The van der Waals surface area contributed by atoms with Gasteiger partial charge in [0.1, 0.15) is 5.82 Å². The number of aromatic nitrogens is 2. The van der Waals surface area contributed by atoms with Crippen molar-refractivity contribution >= 4 is 11.4 Å². The fourth-order valence-electron chi connectivity index (χ4n) is 2.43. The molecule has 0 atom stereocenters. The lowest BCUT2D eigenvalue weighted by molar-refractivity contribution is 0.753. The van der Waals surface area contributed by atoms with Crippen molar-refractivity contribution in [2.45, 2.75) is 38.0 Å². The highest BCUT2D eigenvalue weighted by atomic mass is 15.3. The molecule has 2 aliphatic carbocycles. The van der Waals surface area contributed by atoms with E-state index in [-0.39, 0.29) is 0 Å². The van der Waals surface area contributed by atoms with Gasteiger partial charge in [0, 0.05) is 18.5 Å². The third-order valence-corrected chi connectivity index (χ3v) is 3.44. The molecule has 2 N–H and O–H groups in total. The van der Waals surface area contributed by atoms with Crippen molar-refractivity contribution in [3.05, 3.63) is 17.3 Å². The van der Waals surface area contributed by atoms with Crippen LogP contribution in [0.4, 0.5) is 5.82 Å². The molecule has 1 aromatic rings. The first-order valence-electron chi connectivity index (χ1n) is 5.79. The molecular formula is C12H17N3. The zero-order valence-electron chi connectivity index (χ0n) is 9.16. The van der Waals surface area contributed by atoms with Gasteiger partial charge in [0.15, 0.2) is 0 Å². The van der Waals surface area contributed by atoms with Crippen LogP contribution in [0, 0.1) is 0 Å². The van der Waals surface area contributed by atoms with Crippen molar-refractivity contribution in [3.63, 3.8) is 0 Å². The minimum Gasteiger partial charge on any atom is -0.383 e. The molecule has 1 fully saturated rings. The van der Waals surface area contributed by atoms with Gasteiger partial charge in [-0.25, -0.2) is 0 Å². The van der Waals surface area contributed by atoms with Crippen molar-refractivity contribution in [1.82, 2.24) is 9.78 Å². The van der Waals surface area contributed by atoms with Crippen molar-refractivity contribution < 1.29 is 0 Å². The van der Waals surface area contributed by atoms with Crippen LogP contribution in [0.1, 0.15) is 49.3 Å². The van der Waals surface area contributed by atoms with Gasteiger partial charge < -0.3 is 5.73 Å². The van der Waals surface area contributed by atoms with Crippen LogP contribution in [0.3, 0.4) is 0 Å². The lowest BCUT2D eigenvalue weighted by atomic mass is 10.0. The van der Waals surface area contributed by atoms with Crippen LogP contribution >= 0.6 is 0 Å². The predicted octanol–water partition coefficient (Wildman–Crippen LogP) is 2.45. The Kier molecular flexibility index (Phi) is 1.87. The summed E-state index contributed by atoms with van der Waals surface area (Å²) in [6, 6.07) is 0. The lowest BCUT2D eigenvalue weighted by Gasteiger charge is -2.03. The van der Waals surface area contributed by atoms with E-state index in [1.807, 2.05) is 11.7 Å². The Hall–Kier alpha value is -1.25. The fourth-order valence-corrected chi connectivity index (χ4v) is 2.43. The normalized spacial score (nSPS) is 20.7. The molecule has 0 aromatic carbocycles. The topological polar surface area (TPSA) is 43.8 Å². The SMILES string of the molecule is Cn1nc(C2CC2)c(C2=CCCC2)c1N. The van der Waals surface area contributed by atoms with Crippen LogP contribution in [-0.4, -0.2) is 9.78 Å². The third-order valence-electron chi connectivity index (χ3n) is 3.44. The summed E-state index contributed by atoms with van der Waals surface area (Å²) in [5.74, 6) is 1.54. The summed E-state index contributed by atoms with van der Waals surface area (Å²) in [6.45, 7) is 0. The summed E-state index contributed by atoms with van der Waals surface area (Å²) in [7, 11) is 1.94. The summed E-state index contributed by atoms with van der Waals surface area (Å²) in [6.07, 6.45) is 8.56. The molecule has 0 aliphatic heterocycles. The molecule has 3 heteroatoms. The van der Waals surface area contributed by atoms with Crippen LogP contribution in [0.25, 0.3) is 5.57 Å². The minimum absolute atomic E-state index is 0.685. The Morgan fingerprint density at radius 1 is 1.47 bits per heavy atom. The van der Waals surface area contributed by atoms with Crippen LogP contribution in [0.2, 0.25) is 0 Å². The quantitative estimate of drug-likeness (QED) is 0.802. The van der Waals surface area contributed by atoms with Gasteiger partial charge in [-0.3, -0.25) is 4.68 Å². The molecule has 1 saturated carbocycles. The zero-order chi connectivity index (χ0) is 10.4. The second-order valence-corrected chi connectivity index (χ2v) is 4.66. The van der Waals surface area contributed by atoms with Crippen molar-refractivity contribution in [1.29, 1.82) is 0 Å². The highest BCUT2D eigenvalue weighted by Crippen LogP contribution is 2.45. The highest BCUT2D eigenvalue weighted by Gasteiger charge is 2.32. The average Bonchev–Trinajstić information content (AvgIpc) is 2.85. The van der Waals surface area contributed by atoms with E-state index in [0.29, 0.717) is 5.92 Å². The number of rotatable bonds is 2. The van der Waals surface area contributed by atoms with Crippen LogP contribution < -0.4 is 5.73 Å². The molecule has 3 rings (SSSR count). The molecule has 0 saturated heterocycles. The summed E-state index contributed by atoms with van der Waals surface area (Å²) in [5.41, 5.74) is 10.1. The lowest BCUT2D eigenvalue weighted by Crippen LogP contribution is -1.98. The number of nitrogens with two attached hydrogens (primary N) is 1. The Morgan fingerprint density at radius 2 is 2.27 bits per heavy atom. The van der Waals surface area contributed by atoms with Crippen LogP contribution in [0.5, 0.6) is 0 Å². The smallest absolute Gasteiger partial charge is 0.129 e. The van der Waals surface area contributed by atoms with Gasteiger partial charge in [-0.15, -0.1) is 0 Å². The second-order valence-electron chi connectivity index (χ2n) is 4.66. The summed E-state index contributed by atoms with van der Waals surface area (Å²) in [5, 5.41) is 4.57. The molecule has 2 aliphatic rings. The molecule has 15 heavy (non-hydrogen) atoms. The van der Waals surface area contributed by atoms with E-state index >= 15 is 0 Å². The van der Waals surface area contributed by atoms with E-state index in [1.54, 1.807) is 0 Å². The Morgan fingerprint density at radius 3 is 2.87 bits per heavy atom. The van der Waals surface area contributed by atoms with Crippen LogP contribution in [0.15, 0.2) is 6.08 Å². The molecule has 0 amide bonds. The minimum atomic E-state index is 0.685. The molecule has 0 unspecified atom stereocenters. The molecule has 1 heterocycles. The largest absolute Gasteiger partial charge is 0.383 e. The number of hydrogen-bond acceptors (Lipinski definition) is 2. The average molecular weight is 203 g/mol. The molecular weight excluding hydrogens is 186 g/mol. The number of nitrogen functional groups attached to an aromatic ring is 1. The maximum absolute atomic E-state index is 6.11. The summed E-state index contributed by atoms with van der Waals surface area (Å²) in [4.78, 5) is 0. The van der Waals surface area contributed by atoms with Crippen molar-refractivity contribution in [2.75, 3.05) is 5.73 Å². The monoisotopic (exact) mass is 203 g/mol. The Bertz CT molecular complexity index is 424. The van der Waals surface area contributed by atoms with Gasteiger partial charge >= 0.3 is 0 Å². The van der Waals surface area contributed by atoms with E-state index < -0.39 is 0 Å². The number of anilines is 1. The van der Waals surface area contributed by atoms with Crippen LogP contribution in [-0.2, 0) is 7.05 Å². The van der Waals surface area contributed by atoms with Gasteiger partial charge in [0.25, 0.3) is 0 Å². The van der Waals surface area contributed by atoms with Gasteiger partial charge in [-0.2, -0.15) is 5.10 Å². The van der Waals surface area contributed by atoms with Gasteiger partial charge in [0.2, 0.25) is 0 Å². The third kappa shape index (κ3) is 1.37. The van der Waals surface area contributed by atoms with E-state index in [1.165, 1.54) is 48.9 Å². The van der Waals surface area contributed by atoms with E-state index in [9.17, 15) is 0 Å². The summed E-state index contributed by atoms with van der Waals surface area (Å²) >= 11 is 0. The van der Waals surface area contributed by atoms with Gasteiger partial charge in [-0.05, 0) is 37.7 Å². The van der Waals surface area contributed by atoms with Crippen molar-refractivity contribution in [3.8, 4) is 0 Å². The van der Waals surface area contributed by atoms with E-state index in [4.69, 9.17) is 5.73 Å². The second kappa shape index (κ2) is 3.12. The number of nitrogens with zero attached hydrogens (tertiary/aromatic N) is 2. The fraction of sp³-hybridized carbons (Fsp3) is 0.583. The molecule has 3 nitrogen and oxygen atoms in total. The molecule has 0 radical (unpaired) electrons. The summed E-state index contributed by atoms with van der Waals surface area (Å²) < 4.78 is 1.84. The first kappa shape index (κ1) is 9.01. The highest BCUT2D eigenvalue weighted by molar-refractivity contribution is 5.77. The first-order valence-corrected chi connectivity index (χ1v) is 5.79. The van der Waals surface area contributed by atoms with E-state index in [2.05, 4.69) is 11.2 Å². The predicted molar refractivity (Wildman–Crippen MR) is 61.4 cm³/mol. The molecule has 0 bridgehead atoms.